The van der Waals surface area contributed by atoms with Crippen molar-refractivity contribution in [2.75, 3.05) is 37.2 Å². The average Bonchev–Trinajstić information content (AvgIpc) is 3.64. The smallest absolute Gasteiger partial charge is 0.264 e. The molecule has 6 rings (SSSR count). The van der Waals surface area contributed by atoms with E-state index in [1.807, 2.05) is 29.2 Å². The van der Waals surface area contributed by atoms with Gasteiger partial charge in [0.1, 0.15) is 0 Å². The van der Waals surface area contributed by atoms with E-state index < -0.39 is 16.4 Å². The number of rotatable bonds is 4. The van der Waals surface area contributed by atoms with Crippen molar-refractivity contribution >= 4 is 21.6 Å². The SMILES string of the molecule is O=C(C1CCC2(CC1)CN(S(=O)(=O)c1ccc(C(F)F)cc1)c1ccccc12)N1CCC2(CCOC2)C1. The Morgan fingerprint density at radius 2 is 1.70 bits per heavy atom. The molecule has 0 radical (unpaired) electrons. The summed E-state index contributed by atoms with van der Waals surface area (Å²) in [5.74, 6) is 0.191. The Morgan fingerprint density at radius 1 is 0.973 bits per heavy atom. The quantitative estimate of drug-likeness (QED) is 0.564. The molecule has 0 aromatic heterocycles. The molecule has 1 unspecified atom stereocenters. The highest BCUT2D eigenvalue weighted by atomic mass is 32.2. The molecule has 2 aromatic rings. The summed E-state index contributed by atoms with van der Waals surface area (Å²) in [5, 5.41) is 0. The largest absolute Gasteiger partial charge is 0.381 e. The van der Waals surface area contributed by atoms with Crippen LogP contribution < -0.4 is 4.31 Å². The van der Waals surface area contributed by atoms with Crippen LogP contribution in [0.1, 0.15) is 56.1 Å². The highest BCUT2D eigenvalue weighted by molar-refractivity contribution is 7.92. The van der Waals surface area contributed by atoms with Gasteiger partial charge in [-0.05, 0) is 62.3 Å². The number of anilines is 1. The van der Waals surface area contributed by atoms with Gasteiger partial charge < -0.3 is 9.64 Å². The Morgan fingerprint density at radius 3 is 2.38 bits per heavy atom. The predicted octanol–water partition coefficient (Wildman–Crippen LogP) is 4.90. The van der Waals surface area contributed by atoms with E-state index in [-0.39, 0.29) is 33.1 Å². The van der Waals surface area contributed by atoms with E-state index in [0.29, 0.717) is 12.2 Å². The standard InChI is InChI=1S/C28H32F2N2O4S/c29-25(30)20-5-7-22(8-6-20)37(34,35)32-18-28(23-3-1-2-4-24(23)32)11-9-21(10-12-28)26(33)31-15-13-27(17-31)14-16-36-19-27/h1-8,21,25H,9-19H2. The Labute approximate surface area is 216 Å². The molecule has 1 amide bonds. The molecule has 2 aromatic carbocycles. The van der Waals surface area contributed by atoms with E-state index in [4.69, 9.17) is 4.74 Å². The molecule has 1 saturated carbocycles. The number of halogens is 2. The second-order valence-corrected chi connectivity index (χ2v) is 13.1. The molecule has 198 valence electrons. The molecule has 0 N–H and O–H groups in total. The molecule has 37 heavy (non-hydrogen) atoms. The Kier molecular flexibility index (Phi) is 6.06. The fourth-order valence-electron chi connectivity index (χ4n) is 6.91. The second-order valence-electron chi connectivity index (χ2n) is 11.3. The van der Waals surface area contributed by atoms with Gasteiger partial charge in [0.05, 0.1) is 17.2 Å². The minimum absolute atomic E-state index is 0.00599. The number of benzene rings is 2. The first-order chi connectivity index (χ1) is 17.7. The average molecular weight is 531 g/mol. The van der Waals surface area contributed by atoms with Crippen LogP contribution in [-0.2, 0) is 25.0 Å². The highest BCUT2D eigenvalue weighted by Crippen LogP contribution is 2.52. The summed E-state index contributed by atoms with van der Waals surface area (Å²) in [6.07, 6.45) is 2.30. The van der Waals surface area contributed by atoms with E-state index in [9.17, 15) is 22.0 Å². The fourth-order valence-corrected chi connectivity index (χ4v) is 8.48. The molecule has 0 bridgehead atoms. The lowest BCUT2D eigenvalue weighted by Crippen LogP contribution is -2.43. The van der Waals surface area contributed by atoms with Gasteiger partial charge in [0.25, 0.3) is 16.4 Å². The first-order valence-electron chi connectivity index (χ1n) is 13.1. The monoisotopic (exact) mass is 530 g/mol. The molecule has 3 heterocycles. The summed E-state index contributed by atoms with van der Waals surface area (Å²) >= 11 is 0. The van der Waals surface area contributed by atoms with Crippen LogP contribution >= 0.6 is 0 Å². The maximum Gasteiger partial charge on any atom is 0.264 e. The maximum absolute atomic E-state index is 13.6. The zero-order chi connectivity index (χ0) is 25.8. The Balaban J connectivity index is 1.20. The number of carbonyl (C=O) groups is 1. The molecule has 3 fully saturated rings. The number of ether oxygens (including phenoxy) is 1. The number of amides is 1. The lowest BCUT2D eigenvalue weighted by molar-refractivity contribution is -0.136. The molecule has 3 aliphatic heterocycles. The third kappa shape index (κ3) is 4.14. The van der Waals surface area contributed by atoms with Crippen LogP contribution in [0.5, 0.6) is 0 Å². The van der Waals surface area contributed by atoms with Crippen molar-refractivity contribution in [2.24, 2.45) is 11.3 Å². The minimum atomic E-state index is -3.92. The van der Waals surface area contributed by atoms with Crippen molar-refractivity contribution in [1.29, 1.82) is 0 Å². The van der Waals surface area contributed by atoms with Crippen LogP contribution in [0.3, 0.4) is 0 Å². The summed E-state index contributed by atoms with van der Waals surface area (Å²) in [5.41, 5.74) is 1.22. The van der Waals surface area contributed by atoms with Crippen LogP contribution in [0, 0.1) is 11.3 Å². The fraction of sp³-hybridized carbons (Fsp3) is 0.536. The van der Waals surface area contributed by atoms with Crippen LogP contribution in [-0.4, -0.2) is 52.1 Å². The second kappa shape index (κ2) is 9.05. The number of alkyl halides is 2. The number of hydrogen-bond acceptors (Lipinski definition) is 4. The number of sulfonamides is 1. The zero-order valence-electron chi connectivity index (χ0n) is 20.7. The van der Waals surface area contributed by atoms with Crippen molar-refractivity contribution < 1.29 is 26.7 Å². The minimum Gasteiger partial charge on any atom is -0.381 e. The third-order valence-corrected chi connectivity index (χ3v) is 10.9. The van der Waals surface area contributed by atoms with Gasteiger partial charge in [-0.3, -0.25) is 9.10 Å². The normalized spacial score (nSPS) is 29.5. The molecule has 2 saturated heterocycles. The summed E-state index contributed by atoms with van der Waals surface area (Å²) in [6, 6.07) is 12.4. The molecule has 1 atom stereocenters. The molecule has 1 aliphatic carbocycles. The summed E-state index contributed by atoms with van der Waals surface area (Å²) in [4.78, 5) is 15.4. The van der Waals surface area contributed by atoms with Crippen LogP contribution in [0.4, 0.5) is 14.5 Å². The van der Waals surface area contributed by atoms with Gasteiger partial charge in [-0.1, -0.05) is 30.3 Å². The third-order valence-electron chi connectivity index (χ3n) is 9.14. The summed E-state index contributed by atoms with van der Waals surface area (Å²) < 4.78 is 60.3. The van der Waals surface area contributed by atoms with Crippen molar-refractivity contribution in [1.82, 2.24) is 4.90 Å². The molecule has 4 aliphatic rings. The number of carbonyl (C=O) groups excluding carboxylic acids is 1. The Bertz CT molecular complexity index is 1280. The number of nitrogens with zero attached hydrogens (tertiary/aromatic N) is 2. The van der Waals surface area contributed by atoms with Crippen molar-refractivity contribution in [3.8, 4) is 0 Å². The zero-order valence-corrected chi connectivity index (χ0v) is 21.6. The first kappa shape index (κ1) is 24.8. The molecule has 2 spiro atoms. The molecule has 9 heteroatoms. The van der Waals surface area contributed by atoms with Gasteiger partial charge >= 0.3 is 0 Å². The topological polar surface area (TPSA) is 66.9 Å². The van der Waals surface area contributed by atoms with Crippen LogP contribution in [0.25, 0.3) is 0 Å². The number of fused-ring (bicyclic) bond motifs is 2. The van der Waals surface area contributed by atoms with E-state index in [1.54, 1.807) is 0 Å². The summed E-state index contributed by atoms with van der Waals surface area (Å²) in [7, 11) is -3.92. The van der Waals surface area contributed by atoms with Gasteiger partial charge in [0, 0.05) is 48.6 Å². The lowest BCUT2D eigenvalue weighted by Gasteiger charge is -2.38. The van der Waals surface area contributed by atoms with Gasteiger partial charge in [0.2, 0.25) is 5.91 Å². The van der Waals surface area contributed by atoms with E-state index in [1.165, 1.54) is 28.6 Å². The lowest BCUT2D eigenvalue weighted by atomic mass is 9.67. The van der Waals surface area contributed by atoms with Crippen LogP contribution in [0.15, 0.2) is 53.4 Å². The van der Waals surface area contributed by atoms with Crippen LogP contribution in [0.2, 0.25) is 0 Å². The molecular weight excluding hydrogens is 498 g/mol. The van der Waals surface area contributed by atoms with Gasteiger partial charge in [-0.2, -0.15) is 0 Å². The highest BCUT2D eigenvalue weighted by Gasteiger charge is 2.50. The van der Waals surface area contributed by atoms with Crippen molar-refractivity contribution in [2.45, 2.75) is 55.3 Å². The number of likely N-dealkylation sites (tertiary alicyclic amines) is 1. The predicted molar refractivity (Wildman–Crippen MR) is 135 cm³/mol. The van der Waals surface area contributed by atoms with E-state index in [0.717, 1.165) is 70.4 Å². The van der Waals surface area contributed by atoms with E-state index in [2.05, 4.69) is 0 Å². The Hall–Kier alpha value is -2.52. The van der Waals surface area contributed by atoms with Gasteiger partial charge in [0.15, 0.2) is 0 Å². The van der Waals surface area contributed by atoms with E-state index >= 15 is 0 Å². The van der Waals surface area contributed by atoms with Crippen molar-refractivity contribution in [3.63, 3.8) is 0 Å². The molecular formula is C28H32F2N2O4S. The first-order valence-corrected chi connectivity index (χ1v) is 14.5. The van der Waals surface area contributed by atoms with Gasteiger partial charge in [-0.25, -0.2) is 17.2 Å². The molecule has 6 nitrogen and oxygen atoms in total. The number of hydrogen-bond donors (Lipinski definition) is 0. The summed E-state index contributed by atoms with van der Waals surface area (Å²) in [6.45, 7) is 3.41. The number of para-hydroxylation sites is 1. The van der Waals surface area contributed by atoms with Crippen molar-refractivity contribution in [3.05, 3.63) is 59.7 Å². The van der Waals surface area contributed by atoms with Gasteiger partial charge in [-0.15, -0.1) is 0 Å². The maximum atomic E-state index is 13.6.